The maximum atomic E-state index is 12.6. The second kappa shape index (κ2) is 7.22. The lowest BCUT2D eigenvalue weighted by molar-refractivity contribution is -0.137. The van der Waals surface area contributed by atoms with Gasteiger partial charge in [0, 0.05) is 29.3 Å². The number of nitrogens with one attached hydrogen (secondary N) is 2. The van der Waals surface area contributed by atoms with Crippen LogP contribution in [0.15, 0.2) is 67.0 Å². The summed E-state index contributed by atoms with van der Waals surface area (Å²) >= 11 is 0. The molecule has 0 atom stereocenters. The minimum atomic E-state index is -4.41. The summed E-state index contributed by atoms with van der Waals surface area (Å²) in [6.45, 7) is 0. The molecule has 3 aromatic rings. The first-order chi connectivity index (χ1) is 12.4. The number of nitrogens with zero attached hydrogens (tertiary/aromatic N) is 2. The lowest BCUT2D eigenvalue weighted by Crippen LogP contribution is -2.12. The number of carbonyl (C=O) groups excluding carboxylic acids is 1. The normalized spacial score (nSPS) is 11.0. The van der Waals surface area contributed by atoms with Crippen LogP contribution in [0.2, 0.25) is 0 Å². The molecule has 2 aromatic carbocycles. The molecule has 1 amide bonds. The van der Waals surface area contributed by atoms with E-state index in [0.717, 1.165) is 12.1 Å². The number of alkyl halides is 3. The quantitative estimate of drug-likeness (QED) is 0.721. The maximum absolute atomic E-state index is 12.6. The van der Waals surface area contributed by atoms with Crippen molar-refractivity contribution in [3.05, 3.63) is 78.1 Å². The lowest BCUT2D eigenvalue weighted by atomic mass is 10.1. The molecule has 2 N–H and O–H groups in total. The van der Waals surface area contributed by atoms with Gasteiger partial charge >= 0.3 is 6.18 Å². The molecule has 0 aliphatic carbocycles. The van der Waals surface area contributed by atoms with Crippen molar-refractivity contribution in [1.29, 1.82) is 0 Å². The molecular formula is C18H13F3N4O. The Hall–Kier alpha value is -3.42. The van der Waals surface area contributed by atoms with Crippen molar-refractivity contribution >= 4 is 23.2 Å². The summed E-state index contributed by atoms with van der Waals surface area (Å²) in [5.41, 5.74) is 0.444. The third-order valence-electron chi connectivity index (χ3n) is 3.42. The molecule has 132 valence electrons. The number of halogens is 3. The molecule has 1 aromatic heterocycles. The standard InChI is InChI=1S/C18H13F3N4O/c19-18(20,21)13-5-7-14(8-6-13)24-16(26)12-3-1-4-15(11-12)25-17-22-9-2-10-23-17/h1-11H,(H,24,26)(H,22,23,25). The fourth-order valence-corrected chi connectivity index (χ4v) is 2.18. The van der Waals surface area contributed by atoms with Crippen LogP contribution in [0.5, 0.6) is 0 Å². The van der Waals surface area contributed by atoms with Crippen LogP contribution in [0, 0.1) is 0 Å². The van der Waals surface area contributed by atoms with E-state index in [0.29, 0.717) is 17.2 Å². The van der Waals surface area contributed by atoms with E-state index in [9.17, 15) is 18.0 Å². The molecule has 26 heavy (non-hydrogen) atoms. The first-order valence-electron chi connectivity index (χ1n) is 7.54. The highest BCUT2D eigenvalue weighted by molar-refractivity contribution is 6.04. The van der Waals surface area contributed by atoms with E-state index in [4.69, 9.17) is 0 Å². The first-order valence-corrected chi connectivity index (χ1v) is 7.54. The SMILES string of the molecule is O=C(Nc1ccc(C(F)(F)F)cc1)c1cccc(Nc2ncccn2)c1. The van der Waals surface area contributed by atoms with Gasteiger partial charge in [0.05, 0.1) is 5.56 Å². The van der Waals surface area contributed by atoms with Gasteiger partial charge in [0.15, 0.2) is 0 Å². The van der Waals surface area contributed by atoms with Gasteiger partial charge < -0.3 is 10.6 Å². The zero-order valence-corrected chi connectivity index (χ0v) is 13.3. The van der Waals surface area contributed by atoms with Crippen molar-refractivity contribution < 1.29 is 18.0 Å². The van der Waals surface area contributed by atoms with E-state index in [1.54, 1.807) is 42.7 Å². The molecule has 0 saturated heterocycles. The van der Waals surface area contributed by atoms with Gasteiger partial charge in [-0.05, 0) is 48.5 Å². The second-order valence-corrected chi connectivity index (χ2v) is 5.31. The van der Waals surface area contributed by atoms with E-state index in [1.165, 1.54) is 12.1 Å². The van der Waals surface area contributed by atoms with Crippen LogP contribution < -0.4 is 10.6 Å². The molecule has 0 radical (unpaired) electrons. The average molecular weight is 358 g/mol. The highest BCUT2D eigenvalue weighted by Crippen LogP contribution is 2.29. The monoisotopic (exact) mass is 358 g/mol. The number of amides is 1. The van der Waals surface area contributed by atoms with Crippen LogP contribution in [0.1, 0.15) is 15.9 Å². The van der Waals surface area contributed by atoms with Crippen molar-refractivity contribution in [2.45, 2.75) is 6.18 Å². The van der Waals surface area contributed by atoms with Gasteiger partial charge in [-0.25, -0.2) is 9.97 Å². The molecular weight excluding hydrogens is 345 g/mol. The number of anilines is 3. The van der Waals surface area contributed by atoms with E-state index < -0.39 is 17.6 Å². The molecule has 8 heteroatoms. The number of benzene rings is 2. The van der Waals surface area contributed by atoms with Crippen molar-refractivity contribution in [3.8, 4) is 0 Å². The Morgan fingerprint density at radius 2 is 1.58 bits per heavy atom. The zero-order chi connectivity index (χ0) is 18.6. The van der Waals surface area contributed by atoms with Crippen LogP contribution in [0.3, 0.4) is 0 Å². The Morgan fingerprint density at radius 3 is 2.23 bits per heavy atom. The summed E-state index contributed by atoms with van der Waals surface area (Å²) in [5.74, 6) is -0.0600. The van der Waals surface area contributed by atoms with Crippen LogP contribution in [0.4, 0.5) is 30.5 Å². The topological polar surface area (TPSA) is 66.9 Å². The molecule has 5 nitrogen and oxygen atoms in total. The van der Waals surface area contributed by atoms with Crippen molar-refractivity contribution in [2.24, 2.45) is 0 Å². The summed E-state index contributed by atoms with van der Waals surface area (Å²) in [4.78, 5) is 20.4. The third-order valence-corrected chi connectivity index (χ3v) is 3.42. The number of hydrogen-bond donors (Lipinski definition) is 2. The van der Waals surface area contributed by atoms with Crippen molar-refractivity contribution in [2.75, 3.05) is 10.6 Å². The highest BCUT2D eigenvalue weighted by Gasteiger charge is 2.29. The van der Waals surface area contributed by atoms with Gasteiger partial charge in [0.25, 0.3) is 5.91 Å². The predicted octanol–water partition coefficient (Wildman–Crippen LogP) is 4.49. The van der Waals surface area contributed by atoms with Gasteiger partial charge in [-0.2, -0.15) is 13.2 Å². The van der Waals surface area contributed by atoms with Crippen molar-refractivity contribution in [1.82, 2.24) is 9.97 Å². The molecule has 0 aliphatic heterocycles. The van der Waals surface area contributed by atoms with E-state index in [-0.39, 0.29) is 5.69 Å². The first kappa shape index (κ1) is 17.4. The Bertz CT molecular complexity index is 896. The zero-order valence-electron chi connectivity index (χ0n) is 13.3. The van der Waals surface area contributed by atoms with Gasteiger partial charge in [-0.3, -0.25) is 4.79 Å². The van der Waals surface area contributed by atoms with Crippen LogP contribution in [-0.4, -0.2) is 15.9 Å². The Balaban J connectivity index is 1.71. The average Bonchev–Trinajstić information content (AvgIpc) is 2.62. The number of carbonyl (C=O) groups is 1. The highest BCUT2D eigenvalue weighted by atomic mass is 19.4. The molecule has 3 rings (SSSR count). The summed E-state index contributed by atoms with van der Waals surface area (Å²) < 4.78 is 37.7. The summed E-state index contributed by atoms with van der Waals surface area (Å²) in [7, 11) is 0. The smallest absolute Gasteiger partial charge is 0.324 e. The molecule has 0 saturated carbocycles. The molecule has 1 heterocycles. The molecule has 0 unspecified atom stereocenters. The summed E-state index contributed by atoms with van der Waals surface area (Å²) in [6, 6.07) is 12.5. The number of rotatable bonds is 4. The maximum Gasteiger partial charge on any atom is 0.416 e. The van der Waals surface area contributed by atoms with Crippen LogP contribution >= 0.6 is 0 Å². The van der Waals surface area contributed by atoms with Crippen LogP contribution in [-0.2, 0) is 6.18 Å². The minimum Gasteiger partial charge on any atom is -0.324 e. The van der Waals surface area contributed by atoms with Gasteiger partial charge in [0.2, 0.25) is 5.95 Å². The van der Waals surface area contributed by atoms with Gasteiger partial charge in [-0.1, -0.05) is 6.07 Å². The Kier molecular flexibility index (Phi) is 4.83. The molecule has 0 spiro atoms. The second-order valence-electron chi connectivity index (χ2n) is 5.31. The fourth-order valence-electron chi connectivity index (χ4n) is 2.18. The Morgan fingerprint density at radius 1 is 0.885 bits per heavy atom. The van der Waals surface area contributed by atoms with E-state index in [1.807, 2.05) is 0 Å². The predicted molar refractivity (Wildman–Crippen MR) is 91.2 cm³/mol. The largest absolute Gasteiger partial charge is 0.416 e. The van der Waals surface area contributed by atoms with E-state index in [2.05, 4.69) is 20.6 Å². The Labute approximate surface area is 146 Å². The molecule has 0 aliphatic rings. The number of hydrogen-bond acceptors (Lipinski definition) is 4. The minimum absolute atomic E-state index is 0.271. The summed E-state index contributed by atoms with van der Waals surface area (Å²) in [5, 5.41) is 5.52. The van der Waals surface area contributed by atoms with Gasteiger partial charge in [0.1, 0.15) is 0 Å². The fraction of sp³-hybridized carbons (Fsp3) is 0.0556. The van der Waals surface area contributed by atoms with Gasteiger partial charge in [-0.15, -0.1) is 0 Å². The lowest BCUT2D eigenvalue weighted by Gasteiger charge is -2.10. The third kappa shape index (κ3) is 4.35. The van der Waals surface area contributed by atoms with E-state index >= 15 is 0 Å². The molecule has 0 fully saturated rings. The van der Waals surface area contributed by atoms with Crippen molar-refractivity contribution in [3.63, 3.8) is 0 Å². The number of aromatic nitrogens is 2. The summed E-state index contributed by atoms with van der Waals surface area (Å²) in [6.07, 6.45) is -1.25. The molecule has 0 bridgehead atoms. The van der Waals surface area contributed by atoms with Crippen LogP contribution in [0.25, 0.3) is 0 Å².